The Balaban J connectivity index is 1.58. The van der Waals surface area contributed by atoms with Gasteiger partial charge in [-0.2, -0.15) is 0 Å². The average Bonchev–Trinajstić information content (AvgIpc) is 3.15. The van der Waals surface area contributed by atoms with Crippen LogP contribution in [0.2, 0.25) is 0 Å². The smallest absolute Gasteiger partial charge is 0.318 e. The molecule has 0 aromatic heterocycles. The Bertz CT molecular complexity index is 703. The van der Waals surface area contributed by atoms with Crippen LogP contribution in [0.5, 0.6) is 0 Å². The molecule has 5 aliphatic carbocycles. The summed E-state index contributed by atoms with van der Waals surface area (Å²) in [5.74, 6) is 0.503. The summed E-state index contributed by atoms with van der Waals surface area (Å²) in [5.41, 5.74) is 0.765. The number of nitrogens with zero attached hydrogens (tertiary/aromatic N) is 1. The lowest BCUT2D eigenvalue weighted by atomic mass is 9.43. The molecular weight excluding hydrogens is 526 g/mol. The molecule has 5 unspecified atom stereocenters. The van der Waals surface area contributed by atoms with E-state index in [1.165, 1.54) is 6.42 Å². The van der Waals surface area contributed by atoms with Gasteiger partial charge in [-0.25, -0.2) is 4.79 Å². The molecule has 0 saturated heterocycles. The lowest BCUT2D eigenvalue weighted by Gasteiger charge is -2.65. The first-order chi connectivity index (χ1) is 11.9. The van der Waals surface area contributed by atoms with Crippen LogP contribution >= 0.6 is 47.8 Å². The van der Waals surface area contributed by atoms with E-state index >= 15 is 0 Å². The van der Waals surface area contributed by atoms with Crippen molar-refractivity contribution in [2.24, 2.45) is 38.1 Å². The van der Waals surface area contributed by atoms with Crippen molar-refractivity contribution < 1.29 is 9.63 Å². The third-order valence-corrected chi connectivity index (χ3v) is 12.8. The number of carbonyl (C=O) groups excluding carboxylic acids is 1. The molecule has 5 rings (SSSR count). The summed E-state index contributed by atoms with van der Waals surface area (Å²) in [7, 11) is 0. The minimum Gasteiger partial charge on any atom is -0.318 e. The summed E-state index contributed by atoms with van der Waals surface area (Å²) >= 11 is 11.3. The van der Waals surface area contributed by atoms with Gasteiger partial charge in [0.1, 0.15) is 0 Å². The van der Waals surface area contributed by atoms with Crippen molar-refractivity contribution in [3.8, 4) is 0 Å². The van der Waals surface area contributed by atoms with Gasteiger partial charge in [0.25, 0.3) is 0 Å². The van der Waals surface area contributed by atoms with E-state index in [4.69, 9.17) is 4.84 Å². The summed E-state index contributed by atoms with van der Waals surface area (Å²) in [6.45, 7) is 11.4. The molecule has 5 saturated carbocycles. The Labute approximate surface area is 181 Å². The number of halogens is 3. The highest BCUT2D eigenvalue weighted by molar-refractivity contribution is 9.24. The van der Waals surface area contributed by atoms with E-state index in [1.54, 1.807) is 0 Å². The Morgan fingerprint density at radius 3 is 2.23 bits per heavy atom. The van der Waals surface area contributed by atoms with Crippen LogP contribution in [0.15, 0.2) is 5.16 Å². The quantitative estimate of drug-likeness (QED) is 0.230. The number of hydrogen-bond donors (Lipinski definition) is 0. The fourth-order valence-corrected chi connectivity index (χ4v) is 11.8. The Hall–Kier alpha value is 0.580. The molecule has 0 aromatic rings. The van der Waals surface area contributed by atoms with Crippen LogP contribution in [0.3, 0.4) is 0 Å². The van der Waals surface area contributed by atoms with E-state index in [0.29, 0.717) is 5.92 Å². The molecule has 26 heavy (non-hydrogen) atoms. The van der Waals surface area contributed by atoms with Gasteiger partial charge in [0, 0.05) is 15.7 Å². The van der Waals surface area contributed by atoms with Gasteiger partial charge in [0.05, 0.1) is 14.9 Å². The van der Waals surface area contributed by atoms with E-state index in [2.05, 4.69) is 87.6 Å². The van der Waals surface area contributed by atoms with Gasteiger partial charge in [0.2, 0.25) is 0 Å². The zero-order valence-corrected chi connectivity index (χ0v) is 20.9. The van der Waals surface area contributed by atoms with Crippen molar-refractivity contribution in [3.05, 3.63) is 0 Å². The summed E-state index contributed by atoms with van der Waals surface area (Å²) in [6.07, 6.45) is 5.22. The van der Waals surface area contributed by atoms with E-state index in [9.17, 15) is 4.79 Å². The lowest BCUT2D eigenvalue weighted by Crippen LogP contribution is -2.70. The first-order valence-electron chi connectivity index (χ1n) is 9.60. The maximum absolute atomic E-state index is 13.2. The van der Waals surface area contributed by atoms with Crippen molar-refractivity contribution in [2.45, 2.75) is 75.3 Å². The van der Waals surface area contributed by atoms with Crippen LogP contribution in [-0.4, -0.2) is 20.2 Å². The number of oxime groups is 1. The summed E-state index contributed by atoms with van der Waals surface area (Å²) in [6, 6.07) is 0. The molecule has 0 heterocycles. The molecular formula is C20H28Br3NO2. The highest BCUT2D eigenvalue weighted by Crippen LogP contribution is 2.82. The maximum atomic E-state index is 13.2. The highest BCUT2D eigenvalue weighted by Gasteiger charge is 2.84. The zero-order valence-electron chi connectivity index (χ0n) is 16.2. The van der Waals surface area contributed by atoms with Crippen molar-refractivity contribution in [1.29, 1.82) is 0 Å². The number of hydrogen-bond acceptors (Lipinski definition) is 3. The average molecular weight is 554 g/mol. The molecule has 4 bridgehead atoms. The third-order valence-electron chi connectivity index (χ3n) is 9.60. The number of alkyl halides is 3. The third kappa shape index (κ3) is 1.87. The van der Waals surface area contributed by atoms with Gasteiger partial charge < -0.3 is 4.84 Å². The highest BCUT2D eigenvalue weighted by atomic mass is 79.9. The van der Waals surface area contributed by atoms with E-state index in [-0.39, 0.29) is 36.2 Å². The molecule has 0 spiro atoms. The topological polar surface area (TPSA) is 38.7 Å². The van der Waals surface area contributed by atoms with Crippen LogP contribution in [0, 0.1) is 33.0 Å². The molecule has 0 N–H and O–H groups in total. The van der Waals surface area contributed by atoms with Gasteiger partial charge in [-0.1, -0.05) is 87.6 Å². The van der Waals surface area contributed by atoms with E-state index < -0.39 is 5.41 Å². The van der Waals surface area contributed by atoms with Crippen LogP contribution < -0.4 is 0 Å². The second-order valence-corrected chi connectivity index (χ2v) is 14.2. The standard InChI is InChI=1S/C20H28Br3NO2/c1-16(2)11-6-7-18(16,5)12(10-11)24-26-15(25)20-9-8-19(13(20)21,14(22)23)17(20,3)4/h11,13-14H,6-10H2,1-5H3. The number of fused-ring (bicyclic) bond motifs is 3. The number of rotatable bonds is 3. The van der Waals surface area contributed by atoms with Crippen molar-refractivity contribution in [3.63, 3.8) is 0 Å². The fourth-order valence-electron chi connectivity index (χ4n) is 6.89. The van der Waals surface area contributed by atoms with Crippen molar-refractivity contribution in [1.82, 2.24) is 0 Å². The number of carbonyl (C=O) groups is 1. The Morgan fingerprint density at radius 1 is 1.15 bits per heavy atom. The largest absolute Gasteiger partial charge is 0.342 e. The van der Waals surface area contributed by atoms with E-state index in [0.717, 1.165) is 31.4 Å². The maximum Gasteiger partial charge on any atom is 0.342 e. The Morgan fingerprint density at radius 2 is 1.81 bits per heavy atom. The van der Waals surface area contributed by atoms with Gasteiger partial charge in [0.15, 0.2) is 0 Å². The molecule has 146 valence electrons. The predicted molar refractivity (Wildman–Crippen MR) is 115 cm³/mol. The fraction of sp³-hybridized carbons (Fsp3) is 0.900. The van der Waals surface area contributed by atoms with Crippen LogP contribution in [0.4, 0.5) is 0 Å². The monoisotopic (exact) mass is 551 g/mol. The summed E-state index contributed by atoms with van der Waals surface area (Å²) in [4.78, 5) is 19.0. The molecule has 0 aromatic carbocycles. The van der Waals surface area contributed by atoms with Crippen molar-refractivity contribution >= 4 is 59.5 Å². The van der Waals surface area contributed by atoms with Gasteiger partial charge in [-0.15, -0.1) is 0 Å². The lowest BCUT2D eigenvalue weighted by molar-refractivity contribution is -0.186. The van der Waals surface area contributed by atoms with Gasteiger partial charge in [-0.05, 0) is 48.9 Å². The van der Waals surface area contributed by atoms with Gasteiger partial charge in [-0.3, -0.25) is 0 Å². The first kappa shape index (κ1) is 19.9. The van der Waals surface area contributed by atoms with E-state index in [1.807, 2.05) is 0 Å². The zero-order chi connectivity index (χ0) is 19.3. The van der Waals surface area contributed by atoms with Crippen LogP contribution in [0.1, 0.15) is 66.7 Å². The Kier molecular flexibility index (Phi) is 4.27. The molecule has 6 heteroatoms. The second-order valence-electron chi connectivity index (χ2n) is 10.2. The SMILES string of the molecule is CC12CCC(CC1=NOC(=O)C13CCC(C(Br)Br)(C1Br)C3(C)C)C2(C)C. The molecule has 5 fully saturated rings. The normalized spacial score (nSPS) is 48.9. The molecule has 0 amide bonds. The summed E-state index contributed by atoms with van der Waals surface area (Å²) in [5, 5.41) is 4.48. The minimum absolute atomic E-state index is 0.0135. The molecule has 5 atom stereocenters. The molecule has 0 radical (unpaired) electrons. The van der Waals surface area contributed by atoms with Crippen molar-refractivity contribution in [2.75, 3.05) is 0 Å². The molecule has 0 aliphatic heterocycles. The molecule has 5 aliphatic rings. The van der Waals surface area contributed by atoms with Crippen LogP contribution in [0.25, 0.3) is 0 Å². The summed E-state index contributed by atoms with van der Waals surface area (Å²) < 4.78 is 0.168. The molecule has 3 nitrogen and oxygen atoms in total. The minimum atomic E-state index is -0.495. The van der Waals surface area contributed by atoms with Gasteiger partial charge >= 0.3 is 5.97 Å². The predicted octanol–water partition coefficient (Wildman–Crippen LogP) is 6.42. The van der Waals surface area contributed by atoms with Crippen LogP contribution in [-0.2, 0) is 9.63 Å². The second kappa shape index (κ2) is 5.59. The first-order valence-corrected chi connectivity index (χ1v) is 12.4.